The SMILES string of the molecule is CC(=O)NCc1ccc(Br)cc1NC(C)=O. The van der Waals surface area contributed by atoms with Gasteiger partial charge < -0.3 is 10.6 Å². The average Bonchev–Trinajstić information content (AvgIpc) is 2.15. The highest BCUT2D eigenvalue weighted by molar-refractivity contribution is 9.10. The van der Waals surface area contributed by atoms with E-state index in [0.29, 0.717) is 12.2 Å². The summed E-state index contributed by atoms with van der Waals surface area (Å²) in [5.74, 6) is -0.237. The van der Waals surface area contributed by atoms with E-state index in [4.69, 9.17) is 0 Å². The average molecular weight is 285 g/mol. The van der Waals surface area contributed by atoms with Crippen LogP contribution < -0.4 is 10.6 Å². The van der Waals surface area contributed by atoms with Gasteiger partial charge in [-0.05, 0) is 17.7 Å². The molecule has 0 aliphatic carbocycles. The Kier molecular flexibility index (Phi) is 4.49. The summed E-state index contributed by atoms with van der Waals surface area (Å²) < 4.78 is 0.878. The van der Waals surface area contributed by atoms with Crippen LogP contribution in [0.2, 0.25) is 0 Å². The van der Waals surface area contributed by atoms with Crippen molar-refractivity contribution in [3.8, 4) is 0 Å². The molecule has 0 saturated heterocycles. The first-order valence-corrected chi connectivity index (χ1v) is 5.59. The topological polar surface area (TPSA) is 58.2 Å². The Labute approximate surface area is 103 Å². The third-order valence-electron chi connectivity index (χ3n) is 1.91. The molecule has 0 aromatic heterocycles. The number of carbonyl (C=O) groups is 2. The molecule has 5 heteroatoms. The maximum atomic E-state index is 11.0. The fourth-order valence-electron chi connectivity index (χ4n) is 1.23. The Morgan fingerprint density at radius 1 is 1.25 bits per heavy atom. The van der Waals surface area contributed by atoms with Crippen LogP contribution >= 0.6 is 15.9 Å². The van der Waals surface area contributed by atoms with Crippen LogP contribution in [0.4, 0.5) is 5.69 Å². The highest BCUT2D eigenvalue weighted by Gasteiger charge is 2.05. The zero-order valence-corrected chi connectivity index (χ0v) is 10.7. The third kappa shape index (κ3) is 4.02. The predicted octanol–water partition coefficient (Wildman–Crippen LogP) is 2.04. The Hall–Kier alpha value is -1.36. The molecular formula is C11H13BrN2O2. The maximum absolute atomic E-state index is 11.0. The number of anilines is 1. The van der Waals surface area contributed by atoms with Crippen molar-refractivity contribution in [2.24, 2.45) is 0 Å². The number of rotatable bonds is 3. The fraction of sp³-hybridized carbons (Fsp3) is 0.273. The van der Waals surface area contributed by atoms with Gasteiger partial charge in [-0.25, -0.2) is 0 Å². The number of amides is 2. The summed E-state index contributed by atoms with van der Waals surface area (Å²) in [7, 11) is 0. The lowest BCUT2D eigenvalue weighted by atomic mass is 10.1. The fourth-order valence-corrected chi connectivity index (χ4v) is 1.59. The summed E-state index contributed by atoms with van der Waals surface area (Å²) in [6, 6.07) is 5.52. The van der Waals surface area contributed by atoms with Gasteiger partial charge in [0, 0.05) is 30.6 Å². The highest BCUT2D eigenvalue weighted by Crippen LogP contribution is 2.21. The van der Waals surface area contributed by atoms with E-state index in [-0.39, 0.29) is 11.8 Å². The largest absolute Gasteiger partial charge is 0.352 e. The van der Waals surface area contributed by atoms with Crippen LogP contribution in [0.1, 0.15) is 19.4 Å². The monoisotopic (exact) mass is 284 g/mol. The van der Waals surface area contributed by atoms with Gasteiger partial charge in [0.25, 0.3) is 0 Å². The molecule has 86 valence electrons. The van der Waals surface area contributed by atoms with Crippen molar-refractivity contribution in [3.05, 3.63) is 28.2 Å². The van der Waals surface area contributed by atoms with Gasteiger partial charge in [-0.2, -0.15) is 0 Å². The normalized spacial score (nSPS) is 9.69. The summed E-state index contributed by atoms with van der Waals surface area (Å²) in [6.45, 7) is 3.30. The minimum Gasteiger partial charge on any atom is -0.352 e. The molecule has 4 nitrogen and oxygen atoms in total. The molecule has 1 aromatic carbocycles. The second-order valence-electron chi connectivity index (χ2n) is 3.39. The minimum absolute atomic E-state index is 0.100. The Morgan fingerprint density at radius 2 is 1.94 bits per heavy atom. The number of nitrogens with one attached hydrogen (secondary N) is 2. The van der Waals surface area contributed by atoms with Crippen LogP contribution in [0.5, 0.6) is 0 Å². The zero-order chi connectivity index (χ0) is 12.1. The lowest BCUT2D eigenvalue weighted by molar-refractivity contribution is -0.119. The first-order chi connectivity index (χ1) is 7.49. The molecule has 2 N–H and O–H groups in total. The van der Waals surface area contributed by atoms with E-state index in [9.17, 15) is 9.59 Å². The quantitative estimate of drug-likeness (QED) is 0.893. The maximum Gasteiger partial charge on any atom is 0.221 e. The van der Waals surface area contributed by atoms with E-state index in [1.807, 2.05) is 12.1 Å². The predicted molar refractivity (Wildman–Crippen MR) is 66.0 cm³/mol. The zero-order valence-electron chi connectivity index (χ0n) is 9.13. The molecule has 1 aromatic rings. The van der Waals surface area contributed by atoms with E-state index in [2.05, 4.69) is 26.6 Å². The van der Waals surface area contributed by atoms with E-state index in [0.717, 1.165) is 10.0 Å². The van der Waals surface area contributed by atoms with Crippen LogP contribution in [0.25, 0.3) is 0 Å². The number of halogens is 1. The molecule has 1 rings (SSSR count). The van der Waals surface area contributed by atoms with Gasteiger partial charge in [0.2, 0.25) is 11.8 Å². The van der Waals surface area contributed by atoms with E-state index in [1.54, 1.807) is 6.07 Å². The number of hydrogen-bond donors (Lipinski definition) is 2. The molecule has 2 amide bonds. The van der Waals surface area contributed by atoms with Gasteiger partial charge in [-0.1, -0.05) is 22.0 Å². The van der Waals surface area contributed by atoms with Gasteiger partial charge in [-0.3, -0.25) is 9.59 Å². The third-order valence-corrected chi connectivity index (χ3v) is 2.40. The first-order valence-electron chi connectivity index (χ1n) is 4.79. The van der Waals surface area contributed by atoms with Gasteiger partial charge in [0.1, 0.15) is 0 Å². The number of carbonyl (C=O) groups excluding carboxylic acids is 2. The lowest BCUT2D eigenvalue weighted by Crippen LogP contribution is -2.20. The molecule has 0 spiro atoms. The van der Waals surface area contributed by atoms with Crippen molar-refractivity contribution in [2.75, 3.05) is 5.32 Å². The molecule has 0 fully saturated rings. The molecule has 16 heavy (non-hydrogen) atoms. The number of hydrogen-bond acceptors (Lipinski definition) is 2. The van der Waals surface area contributed by atoms with Crippen LogP contribution in [0, 0.1) is 0 Å². The van der Waals surface area contributed by atoms with Gasteiger partial charge in [-0.15, -0.1) is 0 Å². The Balaban J connectivity index is 2.88. The van der Waals surface area contributed by atoms with Crippen molar-refractivity contribution >= 4 is 33.4 Å². The molecule has 0 bridgehead atoms. The molecule has 0 aliphatic rings. The second-order valence-corrected chi connectivity index (χ2v) is 4.31. The molecule has 0 radical (unpaired) electrons. The molecule has 0 saturated carbocycles. The van der Waals surface area contributed by atoms with E-state index >= 15 is 0 Å². The Morgan fingerprint density at radius 3 is 2.50 bits per heavy atom. The first kappa shape index (κ1) is 12.7. The van der Waals surface area contributed by atoms with E-state index in [1.165, 1.54) is 13.8 Å². The summed E-state index contributed by atoms with van der Waals surface area (Å²) >= 11 is 3.33. The summed E-state index contributed by atoms with van der Waals surface area (Å²) in [5, 5.41) is 5.41. The van der Waals surface area contributed by atoms with Crippen molar-refractivity contribution in [1.82, 2.24) is 5.32 Å². The molecular weight excluding hydrogens is 272 g/mol. The summed E-state index contributed by atoms with van der Waals surface area (Å²) in [4.78, 5) is 21.8. The standard InChI is InChI=1S/C11H13BrN2O2/c1-7(15)13-6-9-3-4-10(12)5-11(9)14-8(2)16/h3-5H,6H2,1-2H3,(H,13,15)(H,14,16). The second kappa shape index (κ2) is 5.65. The van der Waals surface area contributed by atoms with Crippen molar-refractivity contribution in [3.63, 3.8) is 0 Å². The minimum atomic E-state index is -0.137. The van der Waals surface area contributed by atoms with Gasteiger partial charge in [0.05, 0.1) is 0 Å². The highest BCUT2D eigenvalue weighted by atomic mass is 79.9. The van der Waals surface area contributed by atoms with Crippen molar-refractivity contribution in [2.45, 2.75) is 20.4 Å². The molecule has 0 heterocycles. The van der Waals surface area contributed by atoms with Crippen molar-refractivity contribution in [1.29, 1.82) is 0 Å². The van der Waals surface area contributed by atoms with Crippen LogP contribution in [0.3, 0.4) is 0 Å². The summed E-state index contributed by atoms with van der Waals surface area (Å²) in [6.07, 6.45) is 0. The number of benzene rings is 1. The Bertz CT molecular complexity index is 418. The smallest absolute Gasteiger partial charge is 0.221 e. The van der Waals surface area contributed by atoms with Gasteiger partial charge in [0.15, 0.2) is 0 Å². The van der Waals surface area contributed by atoms with E-state index < -0.39 is 0 Å². The lowest BCUT2D eigenvalue weighted by Gasteiger charge is -2.10. The van der Waals surface area contributed by atoms with Crippen molar-refractivity contribution < 1.29 is 9.59 Å². The molecule has 0 aliphatic heterocycles. The summed E-state index contributed by atoms with van der Waals surface area (Å²) in [5.41, 5.74) is 1.57. The molecule has 0 atom stereocenters. The van der Waals surface area contributed by atoms with Crippen LogP contribution in [-0.4, -0.2) is 11.8 Å². The van der Waals surface area contributed by atoms with Gasteiger partial charge >= 0.3 is 0 Å². The molecule has 0 unspecified atom stereocenters. The van der Waals surface area contributed by atoms with Crippen LogP contribution in [-0.2, 0) is 16.1 Å². The van der Waals surface area contributed by atoms with Crippen LogP contribution in [0.15, 0.2) is 22.7 Å².